The van der Waals surface area contributed by atoms with Crippen LogP contribution in [0.25, 0.3) is 10.9 Å². The summed E-state index contributed by atoms with van der Waals surface area (Å²) in [6, 6.07) is 17.6. The number of amides is 1. The number of aromatic nitrogens is 3. The number of nitrogens with one attached hydrogen (secondary N) is 1. The number of carbonyl (C=O) groups excluding carboxylic acids is 1. The number of hydrogen-bond acceptors (Lipinski definition) is 6. The monoisotopic (exact) mass is 392 g/mol. The van der Waals surface area contributed by atoms with E-state index in [0.717, 1.165) is 25.8 Å². The van der Waals surface area contributed by atoms with Gasteiger partial charge >= 0.3 is 0 Å². The third-order valence-electron chi connectivity index (χ3n) is 4.11. The van der Waals surface area contributed by atoms with E-state index in [1.54, 1.807) is 6.07 Å². The molecule has 0 aliphatic heterocycles. The van der Waals surface area contributed by atoms with Crippen LogP contribution in [0.1, 0.15) is 21.5 Å². The van der Waals surface area contributed by atoms with Crippen molar-refractivity contribution in [3.63, 3.8) is 0 Å². The molecule has 7 heteroatoms. The van der Waals surface area contributed by atoms with Gasteiger partial charge in [-0.1, -0.05) is 47.7 Å². The number of rotatable bonds is 4. The van der Waals surface area contributed by atoms with Gasteiger partial charge in [0.25, 0.3) is 5.91 Å². The zero-order valence-corrected chi connectivity index (χ0v) is 16.4. The van der Waals surface area contributed by atoms with Crippen molar-refractivity contribution in [1.29, 1.82) is 0 Å². The largest absolute Gasteiger partial charge is 0.296 e. The molecular weight excluding hydrogens is 376 g/mol. The van der Waals surface area contributed by atoms with E-state index in [1.807, 2.05) is 49.4 Å². The highest BCUT2D eigenvalue weighted by atomic mass is 32.2. The van der Waals surface area contributed by atoms with Crippen molar-refractivity contribution in [3.05, 3.63) is 71.3 Å². The second-order valence-corrected chi connectivity index (χ2v) is 8.28. The lowest BCUT2D eigenvalue weighted by molar-refractivity contribution is 0.102. The Hall–Kier alpha value is -2.77. The third-order valence-corrected chi connectivity index (χ3v) is 5.92. The fraction of sp³-hybridized carbons (Fsp3) is 0.100. The average Bonchev–Trinajstić information content (AvgIpc) is 3.09. The lowest BCUT2D eigenvalue weighted by atomic mass is 10.1. The van der Waals surface area contributed by atoms with Crippen LogP contribution >= 0.6 is 23.1 Å². The van der Waals surface area contributed by atoms with Gasteiger partial charge in [-0.2, -0.15) is 0 Å². The molecule has 2 aromatic carbocycles. The van der Waals surface area contributed by atoms with Crippen molar-refractivity contribution < 1.29 is 4.79 Å². The SMILES string of the molecule is Cc1ccccc1C(=O)Nc1nnc(Sc2cc(C)c3ccccc3n2)s1. The van der Waals surface area contributed by atoms with Crippen LogP contribution < -0.4 is 5.32 Å². The van der Waals surface area contributed by atoms with Crippen molar-refractivity contribution in [2.75, 3.05) is 5.32 Å². The summed E-state index contributed by atoms with van der Waals surface area (Å²) in [6.45, 7) is 3.98. The summed E-state index contributed by atoms with van der Waals surface area (Å²) in [6.07, 6.45) is 0. The molecule has 0 bridgehead atoms. The molecule has 0 spiro atoms. The van der Waals surface area contributed by atoms with Crippen molar-refractivity contribution in [1.82, 2.24) is 15.2 Å². The zero-order chi connectivity index (χ0) is 18.8. The van der Waals surface area contributed by atoms with Crippen molar-refractivity contribution >= 4 is 45.0 Å². The molecule has 1 N–H and O–H groups in total. The summed E-state index contributed by atoms with van der Waals surface area (Å²) in [5.41, 5.74) is 3.68. The van der Waals surface area contributed by atoms with E-state index >= 15 is 0 Å². The maximum Gasteiger partial charge on any atom is 0.257 e. The second kappa shape index (κ2) is 7.46. The van der Waals surface area contributed by atoms with Gasteiger partial charge in [-0.05, 0) is 54.9 Å². The summed E-state index contributed by atoms with van der Waals surface area (Å²) in [7, 11) is 0. The predicted octanol–water partition coefficient (Wildman–Crippen LogP) is 5.11. The Bertz CT molecular complexity index is 1140. The molecule has 4 rings (SSSR count). The lowest BCUT2D eigenvalue weighted by Gasteiger charge is -2.04. The molecule has 0 unspecified atom stereocenters. The highest BCUT2D eigenvalue weighted by Gasteiger charge is 2.13. The molecule has 0 saturated heterocycles. The Kier molecular flexibility index (Phi) is 4.87. The molecule has 0 fully saturated rings. The number of para-hydroxylation sites is 1. The van der Waals surface area contributed by atoms with Gasteiger partial charge in [0, 0.05) is 10.9 Å². The van der Waals surface area contributed by atoms with E-state index in [9.17, 15) is 4.79 Å². The van der Waals surface area contributed by atoms with Crippen molar-refractivity contribution in [2.45, 2.75) is 23.2 Å². The highest BCUT2D eigenvalue weighted by molar-refractivity contribution is 8.01. The van der Waals surface area contributed by atoms with E-state index in [0.29, 0.717) is 10.7 Å². The predicted molar refractivity (Wildman–Crippen MR) is 110 cm³/mol. The van der Waals surface area contributed by atoms with E-state index < -0.39 is 0 Å². The van der Waals surface area contributed by atoms with Gasteiger partial charge in [0.2, 0.25) is 5.13 Å². The minimum atomic E-state index is -0.180. The first kappa shape index (κ1) is 17.6. The van der Waals surface area contributed by atoms with E-state index in [-0.39, 0.29) is 5.91 Å². The van der Waals surface area contributed by atoms with E-state index in [1.165, 1.54) is 28.7 Å². The number of carbonyl (C=O) groups is 1. The Morgan fingerprint density at radius 1 is 1.00 bits per heavy atom. The molecule has 1 amide bonds. The van der Waals surface area contributed by atoms with Crippen molar-refractivity contribution in [2.24, 2.45) is 0 Å². The van der Waals surface area contributed by atoms with E-state index in [4.69, 9.17) is 0 Å². The minimum absolute atomic E-state index is 0.180. The van der Waals surface area contributed by atoms with E-state index in [2.05, 4.69) is 33.5 Å². The number of aryl methyl sites for hydroxylation is 2. The fourth-order valence-electron chi connectivity index (χ4n) is 2.75. The van der Waals surface area contributed by atoms with Crippen molar-refractivity contribution in [3.8, 4) is 0 Å². The lowest BCUT2D eigenvalue weighted by Crippen LogP contribution is -2.12. The van der Waals surface area contributed by atoms with Gasteiger partial charge in [0.05, 0.1) is 5.52 Å². The summed E-state index contributed by atoms with van der Waals surface area (Å²) < 4.78 is 0.734. The fourth-order valence-corrected chi connectivity index (χ4v) is 4.53. The smallest absolute Gasteiger partial charge is 0.257 e. The maximum atomic E-state index is 12.4. The third kappa shape index (κ3) is 3.84. The Morgan fingerprint density at radius 3 is 2.63 bits per heavy atom. The summed E-state index contributed by atoms with van der Waals surface area (Å²) in [5, 5.41) is 13.5. The standard InChI is InChI=1S/C20H16N4OS2/c1-12-7-3-4-9-15(12)18(25)22-19-23-24-20(27-19)26-17-11-13(2)14-8-5-6-10-16(14)21-17/h3-11H,1-2H3,(H,22,23,25). The molecule has 2 aromatic heterocycles. The van der Waals surface area contributed by atoms with Gasteiger partial charge in [-0.3, -0.25) is 10.1 Å². The quantitative estimate of drug-likeness (QED) is 0.489. The molecule has 0 atom stereocenters. The maximum absolute atomic E-state index is 12.4. The van der Waals surface area contributed by atoms with Gasteiger partial charge in [0.1, 0.15) is 5.03 Å². The first-order chi connectivity index (χ1) is 13.1. The molecule has 0 radical (unpaired) electrons. The number of anilines is 1. The van der Waals surface area contributed by atoms with Crippen LogP contribution in [0.4, 0.5) is 5.13 Å². The number of fused-ring (bicyclic) bond motifs is 1. The minimum Gasteiger partial charge on any atom is -0.296 e. The van der Waals surface area contributed by atoms with Crippen LogP contribution in [0.15, 0.2) is 64.0 Å². The number of pyridine rings is 1. The van der Waals surface area contributed by atoms with Crippen LogP contribution in [0, 0.1) is 13.8 Å². The first-order valence-electron chi connectivity index (χ1n) is 8.35. The Morgan fingerprint density at radius 2 is 1.78 bits per heavy atom. The normalized spacial score (nSPS) is 10.9. The van der Waals surface area contributed by atoms with Crippen LogP contribution in [-0.2, 0) is 0 Å². The van der Waals surface area contributed by atoms with Crippen LogP contribution in [-0.4, -0.2) is 21.1 Å². The number of hydrogen-bond donors (Lipinski definition) is 1. The van der Waals surface area contributed by atoms with Gasteiger partial charge in [-0.25, -0.2) is 4.98 Å². The highest BCUT2D eigenvalue weighted by Crippen LogP contribution is 2.33. The molecule has 5 nitrogen and oxygen atoms in total. The molecule has 134 valence electrons. The molecular formula is C20H16N4OS2. The van der Waals surface area contributed by atoms with Crippen LogP contribution in [0.5, 0.6) is 0 Å². The Balaban J connectivity index is 1.52. The molecule has 4 aromatic rings. The molecule has 0 saturated carbocycles. The van der Waals surface area contributed by atoms with Crippen LogP contribution in [0.3, 0.4) is 0 Å². The first-order valence-corrected chi connectivity index (χ1v) is 9.98. The van der Waals surface area contributed by atoms with Gasteiger partial charge < -0.3 is 0 Å². The molecule has 27 heavy (non-hydrogen) atoms. The number of benzene rings is 2. The summed E-state index contributed by atoms with van der Waals surface area (Å²) in [5.74, 6) is -0.180. The zero-order valence-electron chi connectivity index (χ0n) is 14.8. The molecule has 2 heterocycles. The summed E-state index contributed by atoms with van der Waals surface area (Å²) in [4.78, 5) is 17.1. The summed E-state index contributed by atoms with van der Waals surface area (Å²) >= 11 is 2.78. The molecule has 0 aliphatic carbocycles. The average molecular weight is 393 g/mol. The number of nitrogens with zero attached hydrogens (tertiary/aromatic N) is 3. The second-order valence-electron chi connectivity index (χ2n) is 6.04. The molecule has 0 aliphatic rings. The Labute approximate surface area is 164 Å². The topological polar surface area (TPSA) is 67.8 Å². The van der Waals surface area contributed by atoms with Gasteiger partial charge in [-0.15, -0.1) is 10.2 Å². The van der Waals surface area contributed by atoms with Gasteiger partial charge in [0.15, 0.2) is 4.34 Å². The van der Waals surface area contributed by atoms with Crippen LogP contribution in [0.2, 0.25) is 0 Å².